The molecular weight excluding hydrogens is 214 g/mol. The van der Waals surface area contributed by atoms with Gasteiger partial charge >= 0.3 is 0 Å². The largest absolute Gasteiger partial charge is 0.370 e. The van der Waals surface area contributed by atoms with Crippen molar-refractivity contribution in [1.82, 2.24) is 14.9 Å². The summed E-state index contributed by atoms with van der Waals surface area (Å²) in [6, 6.07) is 1.96. The Morgan fingerprint density at radius 3 is 2.24 bits per heavy atom. The number of nitrogens with one attached hydrogen (secondary N) is 2. The number of hydrogen-bond acceptors (Lipinski definition) is 5. The van der Waals surface area contributed by atoms with Crippen LogP contribution in [0.25, 0.3) is 0 Å². The van der Waals surface area contributed by atoms with Crippen molar-refractivity contribution < 1.29 is 0 Å². The SMILES string of the molecule is CCCNc1cc(NCCN(C)C)nc(C)n1. The molecule has 5 nitrogen and oxygen atoms in total. The van der Waals surface area contributed by atoms with Gasteiger partial charge < -0.3 is 15.5 Å². The maximum Gasteiger partial charge on any atom is 0.131 e. The first-order chi connectivity index (χ1) is 8.11. The molecule has 0 saturated heterocycles. The van der Waals surface area contributed by atoms with Crippen LogP contribution in [0, 0.1) is 6.92 Å². The first kappa shape index (κ1) is 13.7. The predicted molar refractivity (Wildman–Crippen MR) is 72.6 cm³/mol. The van der Waals surface area contributed by atoms with Crippen molar-refractivity contribution in [2.24, 2.45) is 0 Å². The van der Waals surface area contributed by atoms with Gasteiger partial charge in [-0.3, -0.25) is 0 Å². The van der Waals surface area contributed by atoms with Crippen LogP contribution in [0.4, 0.5) is 11.6 Å². The lowest BCUT2D eigenvalue weighted by Gasteiger charge is -2.12. The van der Waals surface area contributed by atoms with E-state index in [1.807, 2.05) is 13.0 Å². The average molecular weight is 237 g/mol. The summed E-state index contributed by atoms with van der Waals surface area (Å²) < 4.78 is 0. The molecule has 17 heavy (non-hydrogen) atoms. The fraction of sp³-hybridized carbons (Fsp3) is 0.667. The highest BCUT2D eigenvalue weighted by atomic mass is 15.1. The molecule has 0 fully saturated rings. The van der Waals surface area contributed by atoms with E-state index in [0.717, 1.165) is 43.5 Å². The Bertz CT molecular complexity index is 338. The van der Waals surface area contributed by atoms with Gasteiger partial charge in [-0.25, -0.2) is 9.97 Å². The van der Waals surface area contributed by atoms with E-state index in [2.05, 4.69) is 46.5 Å². The molecule has 0 aliphatic heterocycles. The summed E-state index contributed by atoms with van der Waals surface area (Å²) in [6.45, 7) is 6.86. The number of aromatic nitrogens is 2. The van der Waals surface area contributed by atoms with Gasteiger partial charge in [-0.1, -0.05) is 6.92 Å². The molecule has 0 aromatic carbocycles. The van der Waals surface area contributed by atoms with E-state index >= 15 is 0 Å². The zero-order chi connectivity index (χ0) is 12.7. The van der Waals surface area contributed by atoms with E-state index in [-0.39, 0.29) is 0 Å². The first-order valence-electron chi connectivity index (χ1n) is 6.10. The van der Waals surface area contributed by atoms with Gasteiger partial charge in [0.05, 0.1) is 0 Å². The zero-order valence-corrected chi connectivity index (χ0v) is 11.2. The summed E-state index contributed by atoms with van der Waals surface area (Å²) in [6.07, 6.45) is 1.09. The maximum absolute atomic E-state index is 4.36. The summed E-state index contributed by atoms with van der Waals surface area (Å²) in [7, 11) is 4.11. The van der Waals surface area contributed by atoms with Crippen LogP contribution in [-0.2, 0) is 0 Å². The second-order valence-corrected chi connectivity index (χ2v) is 4.34. The highest BCUT2D eigenvalue weighted by molar-refractivity contribution is 5.47. The smallest absolute Gasteiger partial charge is 0.131 e. The number of hydrogen-bond donors (Lipinski definition) is 2. The van der Waals surface area contributed by atoms with Crippen LogP contribution in [0.15, 0.2) is 6.07 Å². The Labute approximate surface area is 104 Å². The highest BCUT2D eigenvalue weighted by Crippen LogP contribution is 2.10. The summed E-state index contributed by atoms with van der Waals surface area (Å²) in [5, 5.41) is 6.57. The normalized spacial score (nSPS) is 10.6. The highest BCUT2D eigenvalue weighted by Gasteiger charge is 2.01. The number of rotatable bonds is 7. The van der Waals surface area contributed by atoms with Crippen molar-refractivity contribution >= 4 is 11.6 Å². The summed E-state index contributed by atoms with van der Waals surface area (Å²) in [5.74, 6) is 2.57. The van der Waals surface area contributed by atoms with Gasteiger partial charge in [0, 0.05) is 25.7 Å². The molecule has 0 unspecified atom stereocenters. The molecular formula is C12H23N5. The Morgan fingerprint density at radius 2 is 1.71 bits per heavy atom. The lowest BCUT2D eigenvalue weighted by Crippen LogP contribution is -2.21. The molecule has 1 heterocycles. The van der Waals surface area contributed by atoms with Crippen LogP contribution < -0.4 is 10.6 Å². The summed E-state index contributed by atoms with van der Waals surface area (Å²) in [5.41, 5.74) is 0. The van der Waals surface area contributed by atoms with Crippen molar-refractivity contribution in [1.29, 1.82) is 0 Å². The molecule has 0 radical (unpaired) electrons. The van der Waals surface area contributed by atoms with Gasteiger partial charge in [0.25, 0.3) is 0 Å². The topological polar surface area (TPSA) is 53.1 Å². The summed E-state index contributed by atoms with van der Waals surface area (Å²) >= 11 is 0. The van der Waals surface area contributed by atoms with Crippen molar-refractivity contribution in [3.8, 4) is 0 Å². The molecule has 0 spiro atoms. The minimum Gasteiger partial charge on any atom is -0.370 e. The Kier molecular flexibility index (Phi) is 5.69. The number of nitrogens with zero attached hydrogens (tertiary/aromatic N) is 3. The van der Waals surface area contributed by atoms with Crippen molar-refractivity contribution in [3.05, 3.63) is 11.9 Å². The standard InChI is InChI=1S/C12H23N5/c1-5-6-13-11-9-12(16-10(2)15-11)14-7-8-17(3)4/h9H,5-8H2,1-4H3,(H2,13,14,15,16). The summed E-state index contributed by atoms with van der Waals surface area (Å²) in [4.78, 5) is 10.8. The number of aryl methyl sites for hydroxylation is 1. The second-order valence-electron chi connectivity index (χ2n) is 4.34. The molecule has 1 rings (SSSR count). The number of likely N-dealkylation sites (N-methyl/N-ethyl adjacent to an activating group) is 1. The Balaban J connectivity index is 2.55. The van der Waals surface area contributed by atoms with Crippen molar-refractivity contribution in [2.75, 3.05) is 44.4 Å². The van der Waals surface area contributed by atoms with E-state index in [1.165, 1.54) is 0 Å². The number of anilines is 2. The van der Waals surface area contributed by atoms with Gasteiger partial charge in [-0.15, -0.1) is 0 Å². The van der Waals surface area contributed by atoms with E-state index in [0.29, 0.717) is 0 Å². The minimum absolute atomic E-state index is 0.790. The third kappa shape index (κ3) is 5.49. The lowest BCUT2D eigenvalue weighted by molar-refractivity contribution is 0.425. The maximum atomic E-state index is 4.36. The molecule has 0 aliphatic rings. The van der Waals surface area contributed by atoms with Gasteiger partial charge in [-0.05, 0) is 27.4 Å². The zero-order valence-electron chi connectivity index (χ0n) is 11.2. The molecule has 0 bridgehead atoms. The Morgan fingerprint density at radius 1 is 1.12 bits per heavy atom. The monoisotopic (exact) mass is 237 g/mol. The molecule has 96 valence electrons. The van der Waals surface area contributed by atoms with Crippen LogP contribution in [-0.4, -0.2) is 48.6 Å². The fourth-order valence-corrected chi connectivity index (χ4v) is 1.41. The van der Waals surface area contributed by atoms with E-state index in [4.69, 9.17) is 0 Å². The van der Waals surface area contributed by atoms with Gasteiger partial charge in [0.15, 0.2) is 0 Å². The van der Waals surface area contributed by atoms with Crippen LogP contribution in [0.1, 0.15) is 19.2 Å². The third-order valence-electron chi connectivity index (χ3n) is 2.26. The molecule has 2 N–H and O–H groups in total. The van der Waals surface area contributed by atoms with Gasteiger partial charge in [0.1, 0.15) is 17.5 Å². The van der Waals surface area contributed by atoms with Crippen LogP contribution in [0.5, 0.6) is 0 Å². The van der Waals surface area contributed by atoms with Crippen molar-refractivity contribution in [3.63, 3.8) is 0 Å². The third-order valence-corrected chi connectivity index (χ3v) is 2.26. The van der Waals surface area contributed by atoms with Crippen LogP contribution in [0.3, 0.4) is 0 Å². The predicted octanol–water partition coefficient (Wildman–Crippen LogP) is 1.58. The van der Waals surface area contributed by atoms with Gasteiger partial charge in [0.2, 0.25) is 0 Å². The molecule has 0 amide bonds. The second kappa shape index (κ2) is 7.06. The minimum atomic E-state index is 0.790. The molecule has 1 aromatic heterocycles. The first-order valence-corrected chi connectivity index (χ1v) is 6.10. The van der Waals surface area contributed by atoms with Gasteiger partial charge in [-0.2, -0.15) is 0 Å². The molecule has 0 saturated carbocycles. The van der Waals surface area contributed by atoms with E-state index in [9.17, 15) is 0 Å². The Hall–Kier alpha value is -1.36. The average Bonchev–Trinajstić information content (AvgIpc) is 2.25. The van der Waals surface area contributed by atoms with Crippen LogP contribution >= 0.6 is 0 Å². The molecule has 1 aromatic rings. The molecule has 0 aliphatic carbocycles. The van der Waals surface area contributed by atoms with E-state index < -0.39 is 0 Å². The lowest BCUT2D eigenvalue weighted by atomic mass is 10.4. The quantitative estimate of drug-likeness (QED) is 0.754. The molecule has 5 heteroatoms. The fourth-order valence-electron chi connectivity index (χ4n) is 1.41. The van der Waals surface area contributed by atoms with E-state index in [1.54, 1.807) is 0 Å². The van der Waals surface area contributed by atoms with Crippen LogP contribution in [0.2, 0.25) is 0 Å². The van der Waals surface area contributed by atoms with Crippen molar-refractivity contribution in [2.45, 2.75) is 20.3 Å². The molecule has 0 atom stereocenters.